The first-order valence-electron chi connectivity index (χ1n) is 6.65. The fourth-order valence-corrected chi connectivity index (χ4v) is 2.18. The minimum Gasteiger partial charge on any atom is -0.352 e. The highest BCUT2D eigenvalue weighted by molar-refractivity contribution is 6.34. The molecule has 1 heterocycles. The van der Waals surface area contributed by atoms with Crippen LogP contribution in [0.15, 0.2) is 30.9 Å². The van der Waals surface area contributed by atoms with E-state index in [1.54, 1.807) is 24.5 Å². The molecule has 0 unspecified atom stereocenters. The highest BCUT2D eigenvalue weighted by Crippen LogP contribution is 2.22. The van der Waals surface area contributed by atoms with Crippen molar-refractivity contribution in [3.05, 3.63) is 41.4 Å². The van der Waals surface area contributed by atoms with Crippen LogP contribution in [-0.2, 0) is 0 Å². The molecule has 1 aromatic carbocycles. The van der Waals surface area contributed by atoms with Crippen molar-refractivity contribution in [1.29, 1.82) is 0 Å². The summed E-state index contributed by atoms with van der Waals surface area (Å²) in [7, 11) is 0. The molecule has 0 saturated carbocycles. The Morgan fingerprint density at radius 2 is 2.25 bits per heavy atom. The van der Waals surface area contributed by atoms with Crippen LogP contribution < -0.4 is 5.32 Å². The number of carbonyl (C=O) groups is 1. The van der Waals surface area contributed by atoms with E-state index in [4.69, 9.17) is 11.6 Å². The lowest BCUT2D eigenvalue weighted by molar-refractivity contribution is 0.0953. The molecule has 0 aliphatic carbocycles. The van der Waals surface area contributed by atoms with Gasteiger partial charge in [0.25, 0.3) is 5.91 Å². The molecular weight excluding hydrogens is 276 g/mol. The van der Waals surface area contributed by atoms with E-state index in [-0.39, 0.29) is 5.91 Å². The van der Waals surface area contributed by atoms with Crippen molar-refractivity contribution in [1.82, 2.24) is 20.1 Å². The van der Waals surface area contributed by atoms with Gasteiger partial charge in [-0.1, -0.05) is 37.4 Å². The molecular formula is C14H17ClN4O. The van der Waals surface area contributed by atoms with E-state index < -0.39 is 0 Å². The summed E-state index contributed by atoms with van der Waals surface area (Å²) in [5, 5.41) is 7.35. The molecule has 0 aliphatic rings. The van der Waals surface area contributed by atoms with Crippen molar-refractivity contribution in [2.75, 3.05) is 6.54 Å². The Bertz CT molecular complexity index is 569. The maximum absolute atomic E-state index is 12.3. The molecule has 1 aromatic heterocycles. The summed E-state index contributed by atoms with van der Waals surface area (Å²) in [4.78, 5) is 16.2. The molecule has 0 fully saturated rings. The maximum atomic E-state index is 12.3. The van der Waals surface area contributed by atoms with Crippen molar-refractivity contribution < 1.29 is 4.79 Å². The zero-order valence-electron chi connectivity index (χ0n) is 11.3. The van der Waals surface area contributed by atoms with Crippen molar-refractivity contribution in [3.63, 3.8) is 0 Å². The fraction of sp³-hybridized carbons (Fsp3) is 0.357. The summed E-state index contributed by atoms with van der Waals surface area (Å²) >= 11 is 6.16. The molecule has 1 N–H and O–H groups in total. The smallest absolute Gasteiger partial charge is 0.255 e. The van der Waals surface area contributed by atoms with Crippen LogP contribution in [0.25, 0.3) is 5.69 Å². The molecule has 106 valence electrons. The Morgan fingerprint density at radius 1 is 1.40 bits per heavy atom. The van der Waals surface area contributed by atoms with Gasteiger partial charge in [0.05, 0.1) is 16.3 Å². The van der Waals surface area contributed by atoms with Crippen molar-refractivity contribution >= 4 is 17.5 Å². The van der Waals surface area contributed by atoms with Gasteiger partial charge in [0.2, 0.25) is 0 Å². The first kappa shape index (κ1) is 14.5. The van der Waals surface area contributed by atoms with Crippen LogP contribution in [0.2, 0.25) is 5.02 Å². The third-order valence-corrected chi connectivity index (χ3v) is 3.27. The Kier molecular flexibility index (Phi) is 5.12. The lowest BCUT2D eigenvalue weighted by Gasteiger charge is -2.11. The third kappa shape index (κ3) is 3.36. The van der Waals surface area contributed by atoms with Crippen LogP contribution in [0.3, 0.4) is 0 Å². The average molecular weight is 293 g/mol. The zero-order chi connectivity index (χ0) is 14.4. The topological polar surface area (TPSA) is 59.8 Å². The van der Waals surface area contributed by atoms with Gasteiger partial charge < -0.3 is 5.32 Å². The molecule has 0 saturated heterocycles. The van der Waals surface area contributed by atoms with Gasteiger partial charge in [-0.3, -0.25) is 4.79 Å². The second kappa shape index (κ2) is 7.05. The number of hydrogen-bond donors (Lipinski definition) is 1. The minimum absolute atomic E-state index is 0.183. The van der Waals surface area contributed by atoms with Gasteiger partial charge in [0, 0.05) is 6.54 Å². The molecule has 2 aromatic rings. The standard InChI is InChI=1S/C14H17ClN4O/c1-2-3-4-8-17-14(20)13-11(15)6-5-7-12(13)19-10-16-9-18-19/h5-7,9-10H,2-4,8H2,1H3,(H,17,20). The van der Waals surface area contributed by atoms with E-state index in [2.05, 4.69) is 22.3 Å². The Hall–Kier alpha value is -1.88. The van der Waals surface area contributed by atoms with Gasteiger partial charge in [-0.05, 0) is 18.6 Å². The molecule has 2 rings (SSSR count). The summed E-state index contributed by atoms with van der Waals surface area (Å²) in [5.41, 5.74) is 1.05. The second-order valence-electron chi connectivity index (χ2n) is 4.44. The highest BCUT2D eigenvalue weighted by atomic mass is 35.5. The Balaban J connectivity index is 2.20. The van der Waals surface area contributed by atoms with E-state index in [1.165, 1.54) is 11.0 Å². The van der Waals surface area contributed by atoms with E-state index >= 15 is 0 Å². The predicted molar refractivity (Wildman–Crippen MR) is 78.2 cm³/mol. The minimum atomic E-state index is -0.183. The number of unbranched alkanes of at least 4 members (excludes halogenated alkanes) is 2. The molecule has 0 radical (unpaired) electrons. The number of carbonyl (C=O) groups excluding carboxylic acids is 1. The third-order valence-electron chi connectivity index (χ3n) is 2.95. The first-order chi connectivity index (χ1) is 9.74. The van der Waals surface area contributed by atoms with Gasteiger partial charge in [-0.25, -0.2) is 9.67 Å². The van der Waals surface area contributed by atoms with E-state index in [0.29, 0.717) is 22.8 Å². The number of amides is 1. The molecule has 0 atom stereocenters. The van der Waals surface area contributed by atoms with Crippen LogP contribution >= 0.6 is 11.6 Å². The second-order valence-corrected chi connectivity index (χ2v) is 4.84. The lowest BCUT2D eigenvalue weighted by Crippen LogP contribution is -2.26. The number of aromatic nitrogens is 3. The lowest BCUT2D eigenvalue weighted by atomic mass is 10.1. The van der Waals surface area contributed by atoms with Crippen LogP contribution in [0.4, 0.5) is 0 Å². The number of nitrogens with one attached hydrogen (secondary N) is 1. The number of benzene rings is 1. The summed E-state index contributed by atoms with van der Waals surface area (Å²) in [6.07, 6.45) is 6.14. The monoisotopic (exact) mass is 292 g/mol. The predicted octanol–water partition coefficient (Wildman–Crippen LogP) is 2.84. The van der Waals surface area contributed by atoms with Gasteiger partial charge in [0.1, 0.15) is 12.7 Å². The van der Waals surface area contributed by atoms with Gasteiger partial charge >= 0.3 is 0 Å². The van der Waals surface area contributed by atoms with Crippen LogP contribution in [0, 0.1) is 0 Å². The highest BCUT2D eigenvalue weighted by Gasteiger charge is 2.16. The van der Waals surface area contributed by atoms with Crippen molar-refractivity contribution in [3.8, 4) is 5.69 Å². The van der Waals surface area contributed by atoms with Crippen molar-refractivity contribution in [2.24, 2.45) is 0 Å². The maximum Gasteiger partial charge on any atom is 0.255 e. The van der Waals surface area contributed by atoms with Crippen LogP contribution in [0.1, 0.15) is 36.5 Å². The molecule has 6 heteroatoms. The number of hydrogen-bond acceptors (Lipinski definition) is 3. The normalized spacial score (nSPS) is 10.5. The van der Waals surface area contributed by atoms with E-state index in [0.717, 1.165) is 19.3 Å². The zero-order valence-corrected chi connectivity index (χ0v) is 12.1. The van der Waals surface area contributed by atoms with Crippen LogP contribution in [-0.4, -0.2) is 27.2 Å². The molecule has 1 amide bonds. The van der Waals surface area contributed by atoms with E-state index in [9.17, 15) is 4.79 Å². The number of rotatable bonds is 6. The summed E-state index contributed by atoms with van der Waals surface area (Å²) in [6, 6.07) is 5.28. The van der Waals surface area contributed by atoms with Gasteiger partial charge in [0.15, 0.2) is 0 Å². The number of halogens is 1. The largest absolute Gasteiger partial charge is 0.352 e. The van der Waals surface area contributed by atoms with Crippen molar-refractivity contribution in [2.45, 2.75) is 26.2 Å². The van der Waals surface area contributed by atoms with Gasteiger partial charge in [-0.15, -0.1) is 0 Å². The fourth-order valence-electron chi connectivity index (χ4n) is 1.93. The molecule has 0 aliphatic heterocycles. The molecule has 5 nitrogen and oxygen atoms in total. The quantitative estimate of drug-likeness (QED) is 0.833. The SMILES string of the molecule is CCCCCNC(=O)c1c(Cl)cccc1-n1cncn1. The van der Waals surface area contributed by atoms with Crippen LogP contribution in [0.5, 0.6) is 0 Å². The summed E-state index contributed by atoms with van der Waals surface area (Å²) in [6.45, 7) is 2.77. The summed E-state index contributed by atoms with van der Waals surface area (Å²) < 4.78 is 1.53. The Labute approximate surface area is 123 Å². The molecule has 0 bridgehead atoms. The first-order valence-corrected chi connectivity index (χ1v) is 7.03. The molecule has 0 spiro atoms. The average Bonchev–Trinajstić information content (AvgIpc) is 2.97. The molecule has 20 heavy (non-hydrogen) atoms. The van der Waals surface area contributed by atoms with Gasteiger partial charge in [-0.2, -0.15) is 5.10 Å². The van der Waals surface area contributed by atoms with E-state index in [1.807, 2.05) is 0 Å². The Morgan fingerprint density at radius 3 is 2.95 bits per heavy atom. The summed E-state index contributed by atoms with van der Waals surface area (Å²) in [5.74, 6) is -0.183. The number of nitrogens with zero attached hydrogens (tertiary/aromatic N) is 3.